The lowest BCUT2D eigenvalue weighted by Crippen LogP contribution is -2.41. The lowest BCUT2D eigenvalue weighted by atomic mass is 9.86. The standard InChI is InChI=1S/C27H33ClFN7O3/c1-16-11-19(13-23(31-16)25(37)30-14-18-7-10-22(29)21(28)12-18)24-33-35-36(34-24)15-17-5-8-20(9-6-17)32-26(38)39-27(2,3)4/h7,10-13,17,20H,5-6,8-9,14-15H2,1-4H3,(H,30,37)(H,32,38). The van der Waals surface area contributed by atoms with Crippen LogP contribution in [0.5, 0.6) is 0 Å². The molecule has 2 N–H and O–H groups in total. The van der Waals surface area contributed by atoms with Crippen molar-refractivity contribution in [1.29, 1.82) is 0 Å². The van der Waals surface area contributed by atoms with E-state index in [4.69, 9.17) is 16.3 Å². The average molecular weight is 558 g/mol. The van der Waals surface area contributed by atoms with Gasteiger partial charge in [0.15, 0.2) is 0 Å². The zero-order chi connectivity index (χ0) is 28.2. The number of nitrogens with one attached hydrogen (secondary N) is 2. The van der Waals surface area contributed by atoms with Gasteiger partial charge in [-0.3, -0.25) is 4.79 Å². The van der Waals surface area contributed by atoms with Crippen LogP contribution in [-0.2, 0) is 17.8 Å². The van der Waals surface area contributed by atoms with Gasteiger partial charge in [-0.15, -0.1) is 10.2 Å². The van der Waals surface area contributed by atoms with Gasteiger partial charge in [0, 0.05) is 23.8 Å². The van der Waals surface area contributed by atoms with E-state index >= 15 is 0 Å². The zero-order valence-corrected chi connectivity index (χ0v) is 23.3. The summed E-state index contributed by atoms with van der Waals surface area (Å²) in [6, 6.07) is 7.80. The molecule has 39 heavy (non-hydrogen) atoms. The molecule has 2 aromatic heterocycles. The number of rotatable bonds is 7. The molecule has 10 nitrogen and oxygen atoms in total. The third-order valence-electron chi connectivity index (χ3n) is 6.32. The Morgan fingerprint density at radius 2 is 1.90 bits per heavy atom. The van der Waals surface area contributed by atoms with Crippen molar-refractivity contribution in [2.24, 2.45) is 5.92 Å². The second-order valence-electron chi connectivity index (χ2n) is 10.8. The minimum Gasteiger partial charge on any atom is -0.444 e. The molecule has 0 radical (unpaired) electrons. The van der Waals surface area contributed by atoms with Gasteiger partial charge in [-0.25, -0.2) is 14.2 Å². The normalized spacial score (nSPS) is 17.5. The van der Waals surface area contributed by atoms with Crippen LogP contribution in [0.1, 0.15) is 68.2 Å². The molecule has 3 aromatic rings. The minimum absolute atomic E-state index is 0.00242. The Morgan fingerprint density at radius 1 is 1.15 bits per heavy atom. The van der Waals surface area contributed by atoms with Crippen LogP contribution in [0, 0.1) is 18.7 Å². The number of carbonyl (C=O) groups is 2. The Labute approximate surface area is 231 Å². The van der Waals surface area contributed by atoms with Crippen LogP contribution in [0.25, 0.3) is 11.4 Å². The van der Waals surface area contributed by atoms with E-state index in [0.717, 1.165) is 25.7 Å². The minimum atomic E-state index is -0.519. The lowest BCUT2D eigenvalue weighted by molar-refractivity contribution is 0.0485. The molecule has 0 atom stereocenters. The quantitative estimate of drug-likeness (QED) is 0.425. The van der Waals surface area contributed by atoms with Gasteiger partial charge in [-0.05, 0) is 94.3 Å². The molecule has 1 aromatic carbocycles. The number of halogens is 2. The SMILES string of the molecule is Cc1cc(-c2nnn(CC3CCC(NC(=O)OC(C)(C)C)CC3)n2)cc(C(=O)NCc2ccc(F)c(Cl)c2)n1. The van der Waals surface area contributed by atoms with Crippen molar-refractivity contribution in [3.8, 4) is 11.4 Å². The van der Waals surface area contributed by atoms with Crippen molar-refractivity contribution in [3.05, 3.63) is 58.1 Å². The number of alkyl carbamates (subject to hydrolysis) is 1. The summed E-state index contributed by atoms with van der Waals surface area (Å²) < 4.78 is 18.7. The number of benzene rings is 1. The highest BCUT2D eigenvalue weighted by Crippen LogP contribution is 2.26. The fourth-order valence-corrected chi connectivity index (χ4v) is 4.67. The number of nitrogens with zero attached hydrogens (tertiary/aromatic N) is 5. The third-order valence-corrected chi connectivity index (χ3v) is 6.61. The maximum absolute atomic E-state index is 13.4. The number of carbonyl (C=O) groups excluding carboxylic acids is 2. The van der Waals surface area contributed by atoms with Crippen LogP contribution in [0.4, 0.5) is 9.18 Å². The Bertz CT molecular complexity index is 1330. The van der Waals surface area contributed by atoms with E-state index in [9.17, 15) is 14.0 Å². The molecule has 1 aliphatic rings. The lowest BCUT2D eigenvalue weighted by Gasteiger charge is -2.29. The molecule has 0 bridgehead atoms. The second kappa shape index (κ2) is 12.1. The van der Waals surface area contributed by atoms with Crippen LogP contribution in [0.3, 0.4) is 0 Å². The van der Waals surface area contributed by atoms with Crippen LogP contribution in [0.15, 0.2) is 30.3 Å². The largest absolute Gasteiger partial charge is 0.444 e. The van der Waals surface area contributed by atoms with Gasteiger partial charge in [0.25, 0.3) is 5.91 Å². The van der Waals surface area contributed by atoms with Crippen molar-refractivity contribution >= 4 is 23.6 Å². The topological polar surface area (TPSA) is 124 Å². The van der Waals surface area contributed by atoms with E-state index < -0.39 is 11.4 Å². The first kappa shape index (κ1) is 28.4. The summed E-state index contributed by atoms with van der Waals surface area (Å²) in [7, 11) is 0. The van der Waals surface area contributed by atoms with Gasteiger partial charge in [-0.1, -0.05) is 17.7 Å². The summed E-state index contributed by atoms with van der Waals surface area (Å²) in [6.07, 6.45) is 3.19. The van der Waals surface area contributed by atoms with Crippen LogP contribution in [-0.4, -0.2) is 48.8 Å². The van der Waals surface area contributed by atoms with Gasteiger partial charge in [0.1, 0.15) is 17.1 Å². The van der Waals surface area contributed by atoms with Crippen molar-refractivity contribution in [1.82, 2.24) is 35.8 Å². The maximum Gasteiger partial charge on any atom is 0.407 e. The highest BCUT2D eigenvalue weighted by molar-refractivity contribution is 6.30. The first-order chi connectivity index (χ1) is 18.4. The van der Waals surface area contributed by atoms with Crippen molar-refractivity contribution in [3.63, 3.8) is 0 Å². The number of aromatic nitrogens is 5. The Balaban J connectivity index is 1.32. The molecule has 2 amide bonds. The predicted octanol–water partition coefficient (Wildman–Crippen LogP) is 4.85. The molecule has 208 valence electrons. The first-order valence-electron chi connectivity index (χ1n) is 12.9. The van der Waals surface area contributed by atoms with Crippen molar-refractivity contribution in [2.75, 3.05) is 0 Å². The zero-order valence-electron chi connectivity index (χ0n) is 22.5. The molecule has 4 rings (SSSR count). The van der Waals surface area contributed by atoms with E-state index in [1.807, 2.05) is 20.8 Å². The Morgan fingerprint density at radius 3 is 2.59 bits per heavy atom. The van der Waals surface area contributed by atoms with Gasteiger partial charge in [0.05, 0.1) is 11.6 Å². The highest BCUT2D eigenvalue weighted by Gasteiger charge is 2.25. The molecular formula is C27H33ClFN7O3. The molecule has 0 saturated heterocycles. The van der Waals surface area contributed by atoms with E-state index in [0.29, 0.717) is 35.1 Å². The van der Waals surface area contributed by atoms with Crippen LogP contribution < -0.4 is 10.6 Å². The first-order valence-corrected chi connectivity index (χ1v) is 13.3. The Hall–Kier alpha value is -3.60. The molecule has 2 heterocycles. The molecular weight excluding hydrogens is 525 g/mol. The molecule has 0 aliphatic heterocycles. The Kier molecular flexibility index (Phi) is 8.79. The van der Waals surface area contributed by atoms with E-state index in [-0.39, 0.29) is 35.3 Å². The molecule has 1 aliphatic carbocycles. The fraction of sp³-hybridized carbons (Fsp3) is 0.481. The molecule has 12 heteroatoms. The van der Waals surface area contributed by atoms with Gasteiger partial charge >= 0.3 is 6.09 Å². The number of tetrazole rings is 1. The number of hydrogen-bond acceptors (Lipinski definition) is 7. The maximum atomic E-state index is 13.4. The van der Waals surface area contributed by atoms with Gasteiger partial charge in [-0.2, -0.15) is 4.80 Å². The van der Waals surface area contributed by atoms with E-state index in [2.05, 4.69) is 31.0 Å². The monoisotopic (exact) mass is 557 g/mol. The predicted molar refractivity (Wildman–Crippen MR) is 143 cm³/mol. The van der Waals surface area contributed by atoms with Crippen molar-refractivity contribution < 1.29 is 18.7 Å². The van der Waals surface area contributed by atoms with Gasteiger partial charge < -0.3 is 15.4 Å². The van der Waals surface area contributed by atoms with E-state index in [1.165, 1.54) is 12.1 Å². The summed E-state index contributed by atoms with van der Waals surface area (Å²) >= 11 is 5.82. The summed E-state index contributed by atoms with van der Waals surface area (Å²) in [5.74, 6) is -0.130. The fourth-order valence-electron chi connectivity index (χ4n) is 4.47. The number of pyridine rings is 1. The number of aryl methyl sites for hydroxylation is 1. The van der Waals surface area contributed by atoms with Gasteiger partial charge in [0.2, 0.25) is 5.82 Å². The molecule has 0 unspecified atom stereocenters. The molecule has 0 spiro atoms. The smallest absolute Gasteiger partial charge is 0.407 e. The summed E-state index contributed by atoms with van der Waals surface area (Å²) in [5.41, 5.74) is 1.63. The number of ether oxygens (including phenoxy) is 1. The van der Waals surface area contributed by atoms with E-state index in [1.54, 1.807) is 29.9 Å². The number of amides is 2. The third kappa shape index (κ3) is 8.19. The van der Waals surface area contributed by atoms with Crippen molar-refractivity contribution in [2.45, 2.75) is 78.1 Å². The molecule has 1 saturated carbocycles. The summed E-state index contributed by atoms with van der Waals surface area (Å²) in [6.45, 7) is 8.11. The molecule has 1 fully saturated rings. The second-order valence-corrected chi connectivity index (χ2v) is 11.3. The summed E-state index contributed by atoms with van der Waals surface area (Å²) in [5, 5.41) is 18.7. The van der Waals surface area contributed by atoms with Crippen LogP contribution in [0.2, 0.25) is 5.02 Å². The summed E-state index contributed by atoms with van der Waals surface area (Å²) in [4.78, 5) is 30.7. The average Bonchev–Trinajstić information content (AvgIpc) is 3.33. The van der Waals surface area contributed by atoms with Crippen LogP contribution >= 0.6 is 11.6 Å². The highest BCUT2D eigenvalue weighted by atomic mass is 35.5. The number of hydrogen-bond donors (Lipinski definition) is 2.